The lowest BCUT2D eigenvalue weighted by Gasteiger charge is -2.00. The molecule has 0 atom stereocenters. The summed E-state index contributed by atoms with van der Waals surface area (Å²) in [6.07, 6.45) is 0.111. The smallest absolute Gasteiger partial charge is 0.304 e. The highest BCUT2D eigenvalue weighted by molar-refractivity contribution is 7.98. The van der Waals surface area contributed by atoms with Crippen LogP contribution in [0.1, 0.15) is 12.0 Å². The molecule has 1 N–H and O–H groups in total. The fourth-order valence-electron chi connectivity index (χ4n) is 1.11. The van der Waals surface area contributed by atoms with Crippen molar-refractivity contribution >= 4 is 23.4 Å². The molecule has 0 saturated carbocycles. The average Bonchev–Trinajstić information content (AvgIpc) is 2.24. The van der Waals surface area contributed by atoms with Crippen molar-refractivity contribution in [2.45, 2.75) is 12.2 Å². The van der Waals surface area contributed by atoms with Crippen LogP contribution in [0.15, 0.2) is 24.3 Å². The minimum Gasteiger partial charge on any atom is -0.481 e. The first-order valence-electron chi connectivity index (χ1n) is 4.62. The Bertz CT molecular complexity index is 394. The van der Waals surface area contributed by atoms with Gasteiger partial charge < -0.3 is 5.11 Å². The minimum absolute atomic E-state index is 0.0661. The van der Waals surface area contributed by atoms with Gasteiger partial charge in [0.25, 0.3) is 5.69 Å². The van der Waals surface area contributed by atoms with Crippen molar-refractivity contribution in [2.24, 2.45) is 0 Å². The van der Waals surface area contributed by atoms with E-state index >= 15 is 0 Å². The Morgan fingerprint density at radius 1 is 1.50 bits per heavy atom. The number of hydrogen-bond acceptors (Lipinski definition) is 4. The maximum absolute atomic E-state index is 10.5. The van der Waals surface area contributed by atoms with Gasteiger partial charge in [0.05, 0.1) is 11.3 Å². The molecule has 0 aliphatic heterocycles. The lowest BCUT2D eigenvalue weighted by molar-refractivity contribution is -0.384. The van der Waals surface area contributed by atoms with Gasteiger partial charge in [0.15, 0.2) is 0 Å². The SMILES string of the molecule is O=C(O)CCSCc1cccc([N+](=O)[O-])c1. The highest BCUT2D eigenvalue weighted by Crippen LogP contribution is 2.18. The molecule has 1 aromatic carbocycles. The first-order chi connectivity index (χ1) is 7.59. The van der Waals surface area contributed by atoms with E-state index in [1.807, 2.05) is 0 Å². The summed E-state index contributed by atoms with van der Waals surface area (Å²) in [7, 11) is 0. The molecule has 0 unspecified atom stereocenters. The summed E-state index contributed by atoms with van der Waals surface area (Å²) in [5, 5.41) is 18.9. The fourth-order valence-corrected chi connectivity index (χ4v) is 1.99. The number of nitrogens with zero attached hydrogens (tertiary/aromatic N) is 1. The number of carboxylic acid groups (broad SMARTS) is 1. The number of non-ortho nitro benzene ring substituents is 1. The molecule has 6 heteroatoms. The Kier molecular flexibility index (Phi) is 4.78. The molecule has 1 rings (SSSR count). The molecule has 0 amide bonds. The molecule has 0 aliphatic rings. The molecule has 0 saturated heterocycles. The first-order valence-corrected chi connectivity index (χ1v) is 5.78. The first kappa shape index (κ1) is 12.5. The third-order valence-corrected chi connectivity index (χ3v) is 2.88. The summed E-state index contributed by atoms with van der Waals surface area (Å²) < 4.78 is 0. The van der Waals surface area contributed by atoms with Crippen molar-refractivity contribution in [2.75, 3.05) is 5.75 Å². The van der Waals surface area contributed by atoms with Gasteiger partial charge in [-0.15, -0.1) is 0 Å². The second-order valence-corrected chi connectivity index (χ2v) is 4.23. The number of aliphatic carboxylic acids is 1. The highest BCUT2D eigenvalue weighted by Gasteiger charge is 2.05. The van der Waals surface area contributed by atoms with E-state index in [0.717, 1.165) is 5.56 Å². The topological polar surface area (TPSA) is 80.4 Å². The molecule has 16 heavy (non-hydrogen) atoms. The number of benzene rings is 1. The normalized spacial score (nSPS) is 10.0. The van der Waals surface area contributed by atoms with Crippen LogP contribution in [0.25, 0.3) is 0 Å². The summed E-state index contributed by atoms with van der Waals surface area (Å²) in [4.78, 5) is 20.3. The van der Waals surface area contributed by atoms with Gasteiger partial charge in [0, 0.05) is 23.6 Å². The third kappa shape index (κ3) is 4.31. The molecule has 0 fully saturated rings. The van der Waals surface area contributed by atoms with Crippen molar-refractivity contribution < 1.29 is 14.8 Å². The van der Waals surface area contributed by atoms with E-state index in [9.17, 15) is 14.9 Å². The van der Waals surface area contributed by atoms with Crippen molar-refractivity contribution in [3.8, 4) is 0 Å². The monoisotopic (exact) mass is 241 g/mol. The molecule has 0 aromatic heterocycles. The van der Waals surface area contributed by atoms with Crippen molar-refractivity contribution in [3.63, 3.8) is 0 Å². The summed E-state index contributed by atoms with van der Waals surface area (Å²) in [6, 6.07) is 6.37. The van der Waals surface area contributed by atoms with Crippen molar-refractivity contribution in [1.82, 2.24) is 0 Å². The quantitative estimate of drug-likeness (QED) is 0.469. The maximum Gasteiger partial charge on any atom is 0.304 e. The van der Waals surface area contributed by atoms with Gasteiger partial charge in [-0.3, -0.25) is 14.9 Å². The molecule has 0 bridgehead atoms. The predicted molar refractivity (Wildman–Crippen MR) is 61.5 cm³/mol. The minimum atomic E-state index is -0.827. The fraction of sp³-hybridized carbons (Fsp3) is 0.300. The summed E-state index contributed by atoms with van der Waals surface area (Å²) >= 11 is 1.45. The molecule has 0 heterocycles. The van der Waals surface area contributed by atoms with Crippen LogP contribution >= 0.6 is 11.8 Å². The molecule has 0 aliphatic carbocycles. The number of rotatable bonds is 6. The molecular weight excluding hydrogens is 230 g/mol. The van der Waals surface area contributed by atoms with Crippen LogP contribution < -0.4 is 0 Å². The Labute approximate surface area is 96.6 Å². The van der Waals surface area contributed by atoms with Crippen LogP contribution in [0.5, 0.6) is 0 Å². The van der Waals surface area contributed by atoms with E-state index in [1.54, 1.807) is 12.1 Å². The Morgan fingerprint density at radius 3 is 2.88 bits per heavy atom. The second-order valence-electron chi connectivity index (χ2n) is 3.12. The van der Waals surface area contributed by atoms with Crippen LogP contribution in [0.2, 0.25) is 0 Å². The number of nitro benzene ring substituents is 1. The van der Waals surface area contributed by atoms with Gasteiger partial charge in [-0.25, -0.2) is 0 Å². The zero-order valence-corrected chi connectivity index (χ0v) is 9.27. The van der Waals surface area contributed by atoms with Gasteiger partial charge in [-0.2, -0.15) is 11.8 Å². The largest absolute Gasteiger partial charge is 0.481 e. The summed E-state index contributed by atoms with van der Waals surface area (Å²) in [5.74, 6) is 0.277. The van der Waals surface area contributed by atoms with Crippen LogP contribution in [0.3, 0.4) is 0 Å². The van der Waals surface area contributed by atoms with E-state index in [1.165, 1.54) is 23.9 Å². The molecule has 0 spiro atoms. The number of hydrogen-bond donors (Lipinski definition) is 1. The number of nitro groups is 1. The summed E-state index contributed by atoms with van der Waals surface area (Å²) in [6.45, 7) is 0. The maximum atomic E-state index is 10.5. The van der Waals surface area contributed by atoms with Crippen LogP contribution in [-0.4, -0.2) is 21.8 Å². The third-order valence-electron chi connectivity index (χ3n) is 1.85. The Balaban J connectivity index is 2.45. The number of carbonyl (C=O) groups is 1. The van der Waals surface area contributed by atoms with Crippen molar-refractivity contribution in [1.29, 1.82) is 0 Å². The zero-order valence-electron chi connectivity index (χ0n) is 8.46. The molecule has 5 nitrogen and oxygen atoms in total. The van der Waals surface area contributed by atoms with E-state index in [2.05, 4.69) is 0 Å². The van der Waals surface area contributed by atoms with Gasteiger partial charge >= 0.3 is 5.97 Å². The van der Waals surface area contributed by atoms with E-state index in [-0.39, 0.29) is 12.1 Å². The van der Waals surface area contributed by atoms with Gasteiger partial charge in [0.2, 0.25) is 0 Å². The lowest BCUT2D eigenvalue weighted by atomic mass is 10.2. The van der Waals surface area contributed by atoms with E-state index < -0.39 is 10.9 Å². The van der Waals surface area contributed by atoms with E-state index in [4.69, 9.17) is 5.11 Å². The van der Waals surface area contributed by atoms with Crippen LogP contribution in [0, 0.1) is 10.1 Å². The van der Waals surface area contributed by atoms with E-state index in [0.29, 0.717) is 11.5 Å². The van der Waals surface area contributed by atoms with Gasteiger partial charge in [-0.05, 0) is 5.56 Å². The Morgan fingerprint density at radius 2 is 2.25 bits per heavy atom. The molecule has 0 radical (unpaired) electrons. The van der Waals surface area contributed by atoms with Gasteiger partial charge in [0.1, 0.15) is 0 Å². The Hall–Kier alpha value is -1.56. The summed E-state index contributed by atoms with van der Waals surface area (Å²) in [5.41, 5.74) is 0.904. The second kappa shape index (κ2) is 6.12. The van der Waals surface area contributed by atoms with Crippen LogP contribution in [-0.2, 0) is 10.5 Å². The molecule has 1 aromatic rings. The lowest BCUT2D eigenvalue weighted by Crippen LogP contribution is -1.96. The molecular formula is C10H11NO4S. The highest BCUT2D eigenvalue weighted by atomic mass is 32.2. The van der Waals surface area contributed by atoms with Gasteiger partial charge in [-0.1, -0.05) is 12.1 Å². The number of thioether (sulfide) groups is 1. The zero-order chi connectivity index (χ0) is 12.0. The standard InChI is InChI=1S/C10H11NO4S/c12-10(13)4-5-16-7-8-2-1-3-9(6-8)11(14)15/h1-3,6H,4-5,7H2,(H,12,13). The number of carboxylic acids is 1. The van der Waals surface area contributed by atoms with Crippen molar-refractivity contribution in [3.05, 3.63) is 39.9 Å². The van der Waals surface area contributed by atoms with Crippen LogP contribution in [0.4, 0.5) is 5.69 Å². The molecule has 86 valence electrons. The predicted octanol–water partition coefficient (Wildman–Crippen LogP) is 2.30. The average molecular weight is 241 g/mol.